The quantitative estimate of drug-likeness (QED) is 0.280. The van der Waals surface area contributed by atoms with E-state index in [-0.39, 0.29) is 22.6 Å². The summed E-state index contributed by atoms with van der Waals surface area (Å²) in [5, 5.41) is 2.19. The Labute approximate surface area is 228 Å². The van der Waals surface area contributed by atoms with Gasteiger partial charge in [0.1, 0.15) is 0 Å². The number of ether oxygens (including phenoxy) is 2. The Kier molecular flexibility index (Phi) is 8.91. The van der Waals surface area contributed by atoms with E-state index in [9.17, 15) is 8.42 Å². The molecule has 3 atom stereocenters. The number of aryl methyl sites for hydroxylation is 1. The number of benzene rings is 3. The molecular weight excluding hydrogens is 516 g/mol. The molecule has 1 saturated heterocycles. The largest absolute Gasteiger partial charge is 0.404 e. The zero-order chi connectivity index (χ0) is 27.4. The van der Waals surface area contributed by atoms with Gasteiger partial charge in [0.25, 0.3) is 18.4 Å². The minimum atomic E-state index is -3.92. The molecule has 3 aromatic rings. The molecule has 0 radical (unpaired) electrons. The molecule has 6 nitrogen and oxygen atoms in total. The summed E-state index contributed by atoms with van der Waals surface area (Å²) in [4.78, 5) is 0.127. The molecule has 0 N–H and O–H groups in total. The van der Waals surface area contributed by atoms with Gasteiger partial charge in [-0.2, -0.15) is 8.42 Å². The SMILES string of the molecule is COC1CC(O[Si](c2ccccc2)(c2ccccc2)C(C)(C)C)CC(COS(=O)(=O)c2ccc(C)cc2)O1. The van der Waals surface area contributed by atoms with Crippen LogP contribution < -0.4 is 10.4 Å². The Hall–Kier alpha value is -2.33. The smallest absolute Gasteiger partial charge is 0.297 e. The molecule has 0 saturated carbocycles. The fourth-order valence-electron chi connectivity index (χ4n) is 5.16. The Balaban J connectivity index is 1.62. The maximum atomic E-state index is 12.8. The third kappa shape index (κ3) is 6.27. The highest BCUT2D eigenvalue weighted by molar-refractivity contribution is 7.86. The highest BCUT2D eigenvalue weighted by Crippen LogP contribution is 2.39. The van der Waals surface area contributed by atoms with Crippen LogP contribution in [0.25, 0.3) is 0 Å². The molecule has 8 heteroatoms. The zero-order valence-electron chi connectivity index (χ0n) is 22.8. The average molecular weight is 555 g/mol. The van der Waals surface area contributed by atoms with Crippen LogP contribution in [0.3, 0.4) is 0 Å². The van der Waals surface area contributed by atoms with Crippen molar-refractivity contribution < 1.29 is 26.5 Å². The normalized spacial score (nSPS) is 20.8. The van der Waals surface area contributed by atoms with Crippen LogP contribution >= 0.6 is 0 Å². The number of hydrogen-bond acceptors (Lipinski definition) is 6. The summed E-state index contributed by atoms with van der Waals surface area (Å²) in [5.74, 6) is 0. The lowest BCUT2D eigenvalue weighted by atomic mass is 10.1. The van der Waals surface area contributed by atoms with Crippen LogP contribution in [0.4, 0.5) is 0 Å². The van der Waals surface area contributed by atoms with E-state index in [4.69, 9.17) is 18.1 Å². The van der Waals surface area contributed by atoms with E-state index in [1.165, 1.54) is 10.4 Å². The Morgan fingerprint density at radius 2 is 1.42 bits per heavy atom. The molecular formula is C30H38O6SSi. The second kappa shape index (κ2) is 11.8. The van der Waals surface area contributed by atoms with Crippen molar-refractivity contribution in [3.05, 3.63) is 90.5 Å². The second-order valence-corrected chi connectivity index (χ2v) is 16.7. The Bertz CT molecular complexity index is 1230. The van der Waals surface area contributed by atoms with Crippen LogP contribution in [-0.4, -0.2) is 48.9 Å². The molecule has 204 valence electrons. The summed E-state index contributed by atoms with van der Waals surface area (Å²) < 4.78 is 50.0. The van der Waals surface area contributed by atoms with Crippen LogP contribution in [0.1, 0.15) is 39.2 Å². The molecule has 3 unspecified atom stereocenters. The topological polar surface area (TPSA) is 71.1 Å². The van der Waals surface area contributed by atoms with Crippen molar-refractivity contribution in [1.29, 1.82) is 0 Å². The van der Waals surface area contributed by atoms with Crippen LogP contribution in [0, 0.1) is 6.92 Å². The van der Waals surface area contributed by atoms with Crippen LogP contribution in [-0.2, 0) is 28.2 Å². The molecule has 0 amide bonds. The summed E-state index contributed by atoms with van der Waals surface area (Å²) in [6.07, 6.45) is -0.203. The van der Waals surface area contributed by atoms with Gasteiger partial charge in [-0.25, -0.2) is 0 Å². The standard InChI is InChI=1S/C30H38O6SSi/c1-23-16-18-26(19-17-23)37(31,32)34-22-25-20-24(21-29(33-5)35-25)36-38(30(2,3)4,27-12-8-6-9-13-27)28-14-10-7-11-15-28/h6-19,24-25,29H,20-22H2,1-5H3. The van der Waals surface area contributed by atoms with Gasteiger partial charge in [-0.15, -0.1) is 0 Å². The summed E-state index contributed by atoms with van der Waals surface area (Å²) >= 11 is 0. The van der Waals surface area contributed by atoms with Crippen LogP contribution in [0.5, 0.6) is 0 Å². The fraction of sp³-hybridized carbons (Fsp3) is 0.400. The maximum absolute atomic E-state index is 12.8. The van der Waals surface area contributed by atoms with Crippen molar-refractivity contribution in [3.63, 3.8) is 0 Å². The van der Waals surface area contributed by atoms with E-state index in [1.807, 2.05) is 19.1 Å². The molecule has 0 bridgehead atoms. The minimum Gasteiger partial charge on any atom is -0.404 e. The number of hydrogen-bond donors (Lipinski definition) is 0. The third-order valence-corrected chi connectivity index (χ3v) is 13.5. The van der Waals surface area contributed by atoms with Gasteiger partial charge in [0, 0.05) is 20.0 Å². The van der Waals surface area contributed by atoms with Gasteiger partial charge in [0.2, 0.25) is 0 Å². The molecule has 3 aromatic carbocycles. The van der Waals surface area contributed by atoms with E-state index in [1.54, 1.807) is 31.4 Å². The molecule has 1 aliphatic rings. The van der Waals surface area contributed by atoms with Crippen LogP contribution in [0.2, 0.25) is 5.04 Å². The fourth-order valence-corrected chi connectivity index (χ4v) is 10.8. The first-order chi connectivity index (χ1) is 18.0. The van der Waals surface area contributed by atoms with Crippen molar-refractivity contribution in [2.75, 3.05) is 13.7 Å². The molecule has 1 fully saturated rings. The number of rotatable bonds is 9. The molecule has 0 aliphatic carbocycles. The van der Waals surface area contributed by atoms with E-state index in [0.717, 1.165) is 5.56 Å². The number of methoxy groups -OCH3 is 1. The Morgan fingerprint density at radius 1 is 0.868 bits per heavy atom. The monoisotopic (exact) mass is 554 g/mol. The lowest BCUT2D eigenvalue weighted by Gasteiger charge is -2.47. The van der Waals surface area contributed by atoms with Gasteiger partial charge in [-0.1, -0.05) is 99.1 Å². The highest BCUT2D eigenvalue weighted by Gasteiger charge is 2.52. The van der Waals surface area contributed by atoms with Gasteiger partial charge < -0.3 is 13.9 Å². The molecule has 38 heavy (non-hydrogen) atoms. The van der Waals surface area contributed by atoms with Gasteiger partial charge in [0.05, 0.1) is 23.7 Å². The molecule has 1 aliphatic heterocycles. The van der Waals surface area contributed by atoms with Crippen molar-refractivity contribution >= 4 is 28.8 Å². The van der Waals surface area contributed by atoms with Gasteiger partial charge in [-0.3, -0.25) is 4.18 Å². The first-order valence-corrected chi connectivity index (χ1v) is 16.3. The first-order valence-electron chi connectivity index (χ1n) is 13.0. The van der Waals surface area contributed by atoms with Crippen molar-refractivity contribution in [3.8, 4) is 0 Å². The van der Waals surface area contributed by atoms with E-state index in [0.29, 0.717) is 12.8 Å². The molecule has 4 rings (SSSR count). The summed E-state index contributed by atoms with van der Waals surface area (Å²) in [7, 11) is -5.12. The van der Waals surface area contributed by atoms with Gasteiger partial charge >= 0.3 is 0 Å². The maximum Gasteiger partial charge on any atom is 0.297 e. The van der Waals surface area contributed by atoms with Gasteiger partial charge in [0.15, 0.2) is 6.29 Å². The molecule has 0 spiro atoms. The average Bonchev–Trinajstić information content (AvgIpc) is 2.91. The van der Waals surface area contributed by atoms with Crippen molar-refractivity contribution in [2.45, 2.75) is 69.0 Å². The van der Waals surface area contributed by atoms with Crippen LogP contribution in [0.15, 0.2) is 89.8 Å². The lowest BCUT2D eigenvalue weighted by Crippen LogP contribution is -2.68. The molecule has 1 heterocycles. The summed E-state index contributed by atoms with van der Waals surface area (Å²) in [6.45, 7) is 8.50. The first kappa shape index (κ1) is 28.7. The Morgan fingerprint density at radius 3 is 1.92 bits per heavy atom. The minimum absolute atomic E-state index is 0.114. The second-order valence-electron chi connectivity index (χ2n) is 10.8. The van der Waals surface area contributed by atoms with Gasteiger partial charge in [-0.05, 0) is 34.5 Å². The summed E-state index contributed by atoms with van der Waals surface area (Å²) in [5.41, 5.74) is 0.978. The highest BCUT2D eigenvalue weighted by atomic mass is 32.2. The van der Waals surface area contributed by atoms with Crippen molar-refractivity contribution in [1.82, 2.24) is 0 Å². The predicted octanol–water partition coefficient (Wildman–Crippen LogP) is 4.80. The van der Waals surface area contributed by atoms with E-state index >= 15 is 0 Å². The molecule has 0 aromatic heterocycles. The third-order valence-electron chi connectivity index (χ3n) is 7.07. The lowest BCUT2D eigenvalue weighted by molar-refractivity contribution is -0.206. The van der Waals surface area contributed by atoms with Crippen molar-refractivity contribution in [2.24, 2.45) is 0 Å². The summed E-state index contributed by atoms with van der Waals surface area (Å²) in [6, 6.07) is 27.5. The van der Waals surface area contributed by atoms with E-state index in [2.05, 4.69) is 69.3 Å². The van der Waals surface area contributed by atoms with E-state index < -0.39 is 30.8 Å². The zero-order valence-corrected chi connectivity index (χ0v) is 24.6. The predicted molar refractivity (Wildman–Crippen MR) is 152 cm³/mol.